The molecule has 1 aromatic rings. The Kier molecular flexibility index (Phi) is 3.99. The van der Waals surface area contributed by atoms with Gasteiger partial charge in [0.1, 0.15) is 5.82 Å². The van der Waals surface area contributed by atoms with Crippen LogP contribution in [0.25, 0.3) is 0 Å². The Labute approximate surface area is 94.3 Å². The van der Waals surface area contributed by atoms with Crippen LogP contribution in [0.5, 0.6) is 0 Å². The minimum absolute atomic E-state index is 0.269. The highest BCUT2D eigenvalue weighted by Crippen LogP contribution is 2.13. The molecule has 1 aromatic carbocycles. The molecular formula is C12H12FN3. The molecule has 1 rings (SSSR count). The van der Waals surface area contributed by atoms with Crippen molar-refractivity contribution in [2.75, 3.05) is 7.05 Å². The van der Waals surface area contributed by atoms with Gasteiger partial charge in [-0.2, -0.15) is 10.5 Å². The third kappa shape index (κ3) is 2.79. The molecule has 4 heteroatoms. The smallest absolute Gasteiger partial charge is 0.123 e. The Morgan fingerprint density at radius 3 is 2.69 bits per heavy atom. The highest BCUT2D eigenvalue weighted by atomic mass is 19.1. The summed E-state index contributed by atoms with van der Waals surface area (Å²) in [5.41, 5.74) is 1.05. The second-order valence-electron chi connectivity index (χ2n) is 3.63. The summed E-state index contributed by atoms with van der Waals surface area (Å²) in [6.07, 6.45) is 0. The lowest BCUT2D eigenvalue weighted by Gasteiger charge is -2.19. The lowest BCUT2D eigenvalue weighted by molar-refractivity contribution is 0.294. The van der Waals surface area contributed by atoms with E-state index in [-0.39, 0.29) is 11.9 Å². The van der Waals surface area contributed by atoms with Gasteiger partial charge in [-0.3, -0.25) is 4.90 Å². The van der Waals surface area contributed by atoms with Crippen molar-refractivity contribution in [3.8, 4) is 12.1 Å². The molecule has 0 amide bonds. The molecule has 1 atom stereocenters. The lowest BCUT2D eigenvalue weighted by atomic mass is 10.1. The third-order valence-electron chi connectivity index (χ3n) is 2.46. The summed E-state index contributed by atoms with van der Waals surface area (Å²) in [4.78, 5) is 1.76. The van der Waals surface area contributed by atoms with Crippen LogP contribution < -0.4 is 0 Å². The zero-order valence-corrected chi connectivity index (χ0v) is 9.24. The van der Waals surface area contributed by atoms with E-state index in [1.807, 2.05) is 6.07 Å². The van der Waals surface area contributed by atoms with Gasteiger partial charge in [-0.15, -0.1) is 0 Å². The van der Waals surface area contributed by atoms with Crippen LogP contribution in [-0.2, 0) is 6.54 Å². The molecule has 0 saturated heterocycles. The van der Waals surface area contributed by atoms with Gasteiger partial charge in [-0.1, -0.05) is 0 Å². The van der Waals surface area contributed by atoms with E-state index in [0.717, 1.165) is 0 Å². The maximum Gasteiger partial charge on any atom is 0.123 e. The van der Waals surface area contributed by atoms with Gasteiger partial charge in [-0.05, 0) is 37.7 Å². The van der Waals surface area contributed by atoms with Crippen molar-refractivity contribution in [2.24, 2.45) is 0 Å². The Balaban J connectivity index is 2.93. The van der Waals surface area contributed by atoms with E-state index >= 15 is 0 Å². The van der Waals surface area contributed by atoms with Gasteiger partial charge in [0.2, 0.25) is 0 Å². The first-order valence-electron chi connectivity index (χ1n) is 4.87. The number of halogens is 1. The fraction of sp³-hybridized carbons (Fsp3) is 0.333. The molecule has 0 spiro atoms. The SMILES string of the molecule is CC(C#N)N(C)Cc1cc(F)ccc1C#N. The topological polar surface area (TPSA) is 50.8 Å². The van der Waals surface area contributed by atoms with E-state index in [1.165, 1.54) is 18.2 Å². The highest BCUT2D eigenvalue weighted by Gasteiger charge is 2.11. The first-order valence-corrected chi connectivity index (χ1v) is 4.87. The third-order valence-corrected chi connectivity index (χ3v) is 2.46. The predicted molar refractivity (Wildman–Crippen MR) is 57.7 cm³/mol. The van der Waals surface area contributed by atoms with Gasteiger partial charge in [-0.25, -0.2) is 4.39 Å². The van der Waals surface area contributed by atoms with Crippen LogP contribution in [0.3, 0.4) is 0 Å². The Morgan fingerprint density at radius 1 is 1.44 bits per heavy atom. The summed E-state index contributed by atoms with van der Waals surface area (Å²) in [5, 5.41) is 17.6. The number of rotatable bonds is 3. The normalized spacial score (nSPS) is 11.9. The average Bonchev–Trinajstić information content (AvgIpc) is 2.28. The first-order chi connectivity index (χ1) is 7.58. The average molecular weight is 217 g/mol. The molecule has 0 heterocycles. The summed E-state index contributed by atoms with van der Waals surface area (Å²) in [5.74, 6) is -0.369. The van der Waals surface area contributed by atoms with Crippen molar-refractivity contribution in [3.05, 3.63) is 35.1 Å². The van der Waals surface area contributed by atoms with Crippen LogP contribution in [0.15, 0.2) is 18.2 Å². The molecule has 0 N–H and O–H groups in total. The maximum atomic E-state index is 13.0. The van der Waals surface area contributed by atoms with Crippen molar-refractivity contribution in [3.63, 3.8) is 0 Å². The number of nitriles is 2. The predicted octanol–water partition coefficient (Wildman–Crippen LogP) is 2.04. The minimum Gasteiger partial charge on any atom is -0.287 e. The summed E-state index contributed by atoms with van der Waals surface area (Å²) >= 11 is 0. The zero-order chi connectivity index (χ0) is 12.1. The summed E-state index contributed by atoms with van der Waals surface area (Å²) in [6, 6.07) is 7.87. The van der Waals surface area contributed by atoms with Gasteiger partial charge >= 0.3 is 0 Å². The Morgan fingerprint density at radius 2 is 2.12 bits per heavy atom. The van der Waals surface area contributed by atoms with Crippen LogP contribution in [0, 0.1) is 28.5 Å². The van der Waals surface area contributed by atoms with Crippen LogP contribution >= 0.6 is 0 Å². The molecule has 0 fully saturated rings. The largest absolute Gasteiger partial charge is 0.287 e. The minimum atomic E-state index is -0.369. The molecule has 3 nitrogen and oxygen atoms in total. The lowest BCUT2D eigenvalue weighted by Crippen LogP contribution is -2.27. The van der Waals surface area contributed by atoms with Crippen LogP contribution in [0.1, 0.15) is 18.1 Å². The molecule has 82 valence electrons. The van der Waals surface area contributed by atoms with Crippen molar-refractivity contribution < 1.29 is 4.39 Å². The molecule has 0 radical (unpaired) electrons. The van der Waals surface area contributed by atoms with Gasteiger partial charge in [0.05, 0.1) is 23.7 Å². The van der Waals surface area contributed by atoms with E-state index in [1.54, 1.807) is 18.9 Å². The Bertz CT molecular complexity index is 456. The maximum absolute atomic E-state index is 13.0. The molecule has 16 heavy (non-hydrogen) atoms. The molecule has 0 saturated carbocycles. The summed E-state index contributed by atoms with van der Waals surface area (Å²) in [7, 11) is 1.76. The summed E-state index contributed by atoms with van der Waals surface area (Å²) < 4.78 is 13.0. The van der Waals surface area contributed by atoms with E-state index in [2.05, 4.69) is 6.07 Å². The molecule has 0 aliphatic carbocycles. The molecule has 0 bridgehead atoms. The van der Waals surface area contributed by atoms with Crippen molar-refractivity contribution >= 4 is 0 Å². The number of benzene rings is 1. The van der Waals surface area contributed by atoms with Gasteiger partial charge in [0.25, 0.3) is 0 Å². The molecule has 1 unspecified atom stereocenters. The zero-order valence-electron chi connectivity index (χ0n) is 9.24. The van der Waals surface area contributed by atoms with Crippen molar-refractivity contribution in [2.45, 2.75) is 19.5 Å². The molecule has 0 aliphatic heterocycles. The van der Waals surface area contributed by atoms with Crippen molar-refractivity contribution in [1.29, 1.82) is 10.5 Å². The first kappa shape index (κ1) is 12.2. The number of nitrogens with zero attached hydrogens (tertiary/aromatic N) is 3. The highest BCUT2D eigenvalue weighted by molar-refractivity contribution is 5.37. The second-order valence-corrected chi connectivity index (χ2v) is 3.63. The van der Waals surface area contributed by atoms with E-state index < -0.39 is 0 Å². The fourth-order valence-electron chi connectivity index (χ4n) is 1.31. The monoisotopic (exact) mass is 217 g/mol. The van der Waals surface area contributed by atoms with E-state index in [9.17, 15) is 4.39 Å². The Hall–Kier alpha value is -1.91. The van der Waals surface area contributed by atoms with E-state index in [0.29, 0.717) is 17.7 Å². The van der Waals surface area contributed by atoms with Crippen molar-refractivity contribution in [1.82, 2.24) is 4.90 Å². The van der Waals surface area contributed by atoms with Gasteiger partial charge in [0.15, 0.2) is 0 Å². The second kappa shape index (κ2) is 5.25. The van der Waals surface area contributed by atoms with Crippen LogP contribution in [-0.4, -0.2) is 18.0 Å². The number of hydrogen-bond acceptors (Lipinski definition) is 3. The quantitative estimate of drug-likeness (QED) is 0.778. The molecule has 0 aromatic heterocycles. The fourth-order valence-corrected chi connectivity index (χ4v) is 1.31. The van der Waals surface area contributed by atoms with Crippen LogP contribution in [0.4, 0.5) is 4.39 Å². The van der Waals surface area contributed by atoms with E-state index in [4.69, 9.17) is 10.5 Å². The molecular weight excluding hydrogens is 205 g/mol. The standard InChI is InChI=1S/C12H12FN3/c1-9(6-14)16(2)8-11-5-12(13)4-3-10(11)7-15/h3-5,9H,8H2,1-2H3. The number of hydrogen-bond donors (Lipinski definition) is 0. The van der Waals surface area contributed by atoms with Gasteiger partial charge in [0, 0.05) is 6.54 Å². The molecule has 0 aliphatic rings. The summed E-state index contributed by atoms with van der Waals surface area (Å²) in [6.45, 7) is 2.14. The van der Waals surface area contributed by atoms with Crippen LogP contribution in [0.2, 0.25) is 0 Å². The van der Waals surface area contributed by atoms with Gasteiger partial charge < -0.3 is 0 Å².